The van der Waals surface area contributed by atoms with E-state index in [1.165, 1.54) is 5.56 Å². The van der Waals surface area contributed by atoms with Gasteiger partial charge in [0, 0.05) is 30.5 Å². The summed E-state index contributed by atoms with van der Waals surface area (Å²) in [5.41, 5.74) is 2.30. The molecule has 1 aromatic carbocycles. The van der Waals surface area contributed by atoms with Crippen LogP contribution in [0, 0.1) is 5.92 Å². The number of phenols is 1. The molecule has 1 aliphatic heterocycles. The number of Topliss-reactive ketones (excluding diaryl/α,β-unsaturated/α-hetero) is 1. The SMILES string of the molecule is C=CCN(C)[C@@H]1Cc2ccc(O)c3c2C2[C@H]1CCC(=O)[C@@H]2O3. The summed E-state index contributed by atoms with van der Waals surface area (Å²) in [5.74, 6) is 1.40. The molecule has 1 saturated carbocycles. The average molecular weight is 299 g/mol. The van der Waals surface area contributed by atoms with E-state index in [2.05, 4.69) is 18.5 Å². The average Bonchev–Trinajstić information content (AvgIpc) is 2.92. The van der Waals surface area contributed by atoms with Gasteiger partial charge in [-0.2, -0.15) is 0 Å². The summed E-state index contributed by atoms with van der Waals surface area (Å²) in [4.78, 5) is 14.6. The number of benzene rings is 1. The molecule has 1 N–H and O–H groups in total. The van der Waals surface area contributed by atoms with Gasteiger partial charge >= 0.3 is 0 Å². The first-order valence-corrected chi connectivity index (χ1v) is 7.97. The Morgan fingerprint density at radius 1 is 1.50 bits per heavy atom. The number of hydrogen-bond donors (Lipinski definition) is 1. The van der Waals surface area contributed by atoms with Gasteiger partial charge in [-0.1, -0.05) is 12.1 Å². The molecule has 0 saturated heterocycles. The maximum Gasteiger partial charge on any atom is 0.173 e. The van der Waals surface area contributed by atoms with Crippen LogP contribution >= 0.6 is 0 Å². The monoisotopic (exact) mass is 299 g/mol. The summed E-state index contributed by atoms with van der Waals surface area (Å²) in [7, 11) is 2.12. The molecule has 4 rings (SSSR count). The zero-order valence-corrected chi connectivity index (χ0v) is 12.8. The highest BCUT2D eigenvalue weighted by atomic mass is 16.5. The zero-order chi connectivity index (χ0) is 15.4. The van der Waals surface area contributed by atoms with Crippen LogP contribution in [0.3, 0.4) is 0 Å². The van der Waals surface area contributed by atoms with E-state index in [1.807, 2.05) is 12.1 Å². The van der Waals surface area contributed by atoms with Gasteiger partial charge in [0.2, 0.25) is 0 Å². The Morgan fingerprint density at radius 3 is 3.09 bits per heavy atom. The number of hydrogen-bond acceptors (Lipinski definition) is 4. The summed E-state index contributed by atoms with van der Waals surface area (Å²) in [6.07, 6.45) is 3.95. The number of carbonyl (C=O) groups is 1. The van der Waals surface area contributed by atoms with Crippen LogP contribution in [0.2, 0.25) is 0 Å². The van der Waals surface area contributed by atoms with E-state index in [0.29, 0.717) is 24.1 Å². The molecule has 1 unspecified atom stereocenters. The summed E-state index contributed by atoms with van der Waals surface area (Å²) in [5, 5.41) is 10.1. The molecule has 4 nitrogen and oxygen atoms in total. The highest BCUT2D eigenvalue weighted by Crippen LogP contribution is 2.56. The van der Waals surface area contributed by atoms with E-state index in [4.69, 9.17) is 4.74 Å². The van der Waals surface area contributed by atoms with Crippen LogP contribution < -0.4 is 4.74 Å². The van der Waals surface area contributed by atoms with Crippen LogP contribution in [0.25, 0.3) is 0 Å². The van der Waals surface area contributed by atoms with E-state index >= 15 is 0 Å². The molecule has 0 radical (unpaired) electrons. The Kier molecular flexibility index (Phi) is 3.05. The Balaban J connectivity index is 1.82. The smallest absolute Gasteiger partial charge is 0.173 e. The second-order valence-electron chi connectivity index (χ2n) is 6.72. The predicted molar refractivity (Wildman–Crippen MR) is 83.3 cm³/mol. The van der Waals surface area contributed by atoms with Gasteiger partial charge in [-0.05, 0) is 37.4 Å². The number of carbonyl (C=O) groups excluding carboxylic acids is 1. The molecule has 2 aliphatic carbocycles. The predicted octanol–water partition coefficient (Wildman–Crippen LogP) is 2.26. The molecule has 0 bridgehead atoms. The minimum atomic E-state index is -0.402. The largest absolute Gasteiger partial charge is 0.504 e. The van der Waals surface area contributed by atoms with E-state index in [1.54, 1.807) is 6.07 Å². The zero-order valence-electron chi connectivity index (χ0n) is 12.8. The Labute approximate surface area is 130 Å². The summed E-state index contributed by atoms with van der Waals surface area (Å²) in [6, 6.07) is 4.08. The third-order valence-corrected chi connectivity index (χ3v) is 5.58. The van der Waals surface area contributed by atoms with Crippen LogP contribution in [-0.4, -0.2) is 41.5 Å². The van der Waals surface area contributed by atoms with Crippen LogP contribution in [0.5, 0.6) is 11.5 Å². The fourth-order valence-electron chi connectivity index (χ4n) is 4.61. The maximum absolute atomic E-state index is 12.3. The molecule has 0 spiro atoms. The van der Waals surface area contributed by atoms with E-state index in [0.717, 1.165) is 24.9 Å². The molecule has 1 fully saturated rings. The summed E-state index contributed by atoms with van der Waals surface area (Å²) >= 11 is 0. The van der Waals surface area contributed by atoms with Crippen LogP contribution in [0.15, 0.2) is 24.8 Å². The van der Waals surface area contributed by atoms with Crippen LogP contribution in [-0.2, 0) is 11.2 Å². The topological polar surface area (TPSA) is 49.8 Å². The number of aromatic hydroxyl groups is 1. The molecule has 0 aromatic heterocycles. The second kappa shape index (κ2) is 4.85. The van der Waals surface area contributed by atoms with Gasteiger partial charge in [0.05, 0.1) is 0 Å². The first kappa shape index (κ1) is 13.8. The maximum atomic E-state index is 12.3. The lowest BCUT2D eigenvalue weighted by Crippen LogP contribution is -2.50. The van der Waals surface area contributed by atoms with Gasteiger partial charge in [-0.15, -0.1) is 6.58 Å². The minimum Gasteiger partial charge on any atom is -0.504 e. The minimum absolute atomic E-state index is 0.101. The van der Waals surface area contributed by atoms with Gasteiger partial charge in [0.15, 0.2) is 23.4 Å². The summed E-state index contributed by atoms with van der Waals surface area (Å²) in [6.45, 7) is 4.68. The normalized spacial score (nSPS) is 31.8. The Morgan fingerprint density at radius 2 is 2.32 bits per heavy atom. The third kappa shape index (κ3) is 1.76. The van der Waals surface area contributed by atoms with Crippen LogP contribution in [0.4, 0.5) is 0 Å². The fourth-order valence-corrected chi connectivity index (χ4v) is 4.61. The van der Waals surface area contributed by atoms with Gasteiger partial charge in [0.25, 0.3) is 0 Å². The fraction of sp³-hybridized carbons (Fsp3) is 0.500. The molecule has 1 aromatic rings. The van der Waals surface area contributed by atoms with Crippen molar-refractivity contribution in [1.29, 1.82) is 0 Å². The molecule has 22 heavy (non-hydrogen) atoms. The van der Waals surface area contributed by atoms with Crippen molar-refractivity contribution in [2.45, 2.75) is 37.3 Å². The molecule has 4 heteroatoms. The van der Waals surface area contributed by atoms with E-state index < -0.39 is 6.10 Å². The lowest BCUT2D eigenvalue weighted by Gasteiger charge is -2.44. The summed E-state index contributed by atoms with van der Waals surface area (Å²) < 4.78 is 5.89. The number of ether oxygens (including phenoxy) is 1. The molecule has 1 heterocycles. The Hall–Kier alpha value is -1.81. The third-order valence-electron chi connectivity index (χ3n) is 5.58. The van der Waals surface area contributed by atoms with Crippen molar-refractivity contribution in [1.82, 2.24) is 4.90 Å². The second-order valence-corrected chi connectivity index (χ2v) is 6.72. The van der Waals surface area contributed by atoms with E-state index in [9.17, 15) is 9.90 Å². The molecule has 116 valence electrons. The highest BCUT2D eigenvalue weighted by Gasteiger charge is 2.53. The number of nitrogens with zero attached hydrogens (tertiary/aromatic N) is 1. The van der Waals surface area contributed by atoms with Gasteiger partial charge in [0.1, 0.15) is 0 Å². The van der Waals surface area contributed by atoms with Crippen molar-refractivity contribution in [3.8, 4) is 11.5 Å². The first-order valence-electron chi connectivity index (χ1n) is 7.97. The van der Waals surface area contributed by atoms with Crippen LogP contribution in [0.1, 0.15) is 29.9 Å². The van der Waals surface area contributed by atoms with E-state index in [-0.39, 0.29) is 17.5 Å². The molecule has 4 atom stereocenters. The van der Waals surface area contributed by atoms with Crippen molar-refractivity contribution in [2.24, 2.45) is 5.92 Å². The molecular formula is C18H21NO3. The standard InChI is InChI=1S/C18H21NO3/c1-3-8-19(2)12-9-10-4-6-13(20)17-15(10)16-11(12)5-7-14(21)18(16)22-17/h3-4,6,11-12,16,18,20H,1,5,7-9H2,2H3/t11-,12+,16?,18-/m0/s1. The lowest BCUT2D eigenvalue weighted by atomic mass is 9.65. The number of likely N-dealkylation sites (N-methyl/N-ethyl adjacent to an activating group) is 1. The number of phenolic OH excluding ortho intramolecular Hbond substituents is 1. The molecule has 3 aliphatic rings. The van der Waals surface area contributed by atoms with Crippen molar-refractivity contribution >= 4 is 5.78 Å². The lowest BCUT2D eigenvalue weighted by molar-refractivity contribution is -0.130. The Bertz CT molecular complexity index is 654. The van der Waals surface area contributed by atoms with Gasteiger partial charge < -0.3 is 9.84 Å². The molecule has 0 amide bonds. The van der Waals surface area contributed by atoms with Crippen molar-refractivity contribution < 1.29 is 14.6 Å². The van der Waals surface area contributed by atoms with Crippen molar-refractivity contribution in [2.75, 3.05) is 13.6 Å². The first-order chi connectivity index (χ1) is 10.6. The van der Waals surface area contributed by atoms with Gasteiger partial charge in [-0.25, -0.2) is 0 Å². The quantitative estimate of drug-likeness (QED) is 0.870. The number of ketones is 1. The highest BCUT2D eigenvalue weighted by molar-refractivity contribution is 5.87. The number of rotatable bonds is 3. The van der Waals surface area contributed by atoms with Gasteiger partial charge in [-0.3, -0.25) is 9.69 Å². The van der Waals surface area contributed by atoms with Crippen molar-refractivity contribution in [3.63, 3.8) is 0 Å². The van der Waals surface area contributed by atoms with Crippen molar-refractivity contribution in [3.05, 3.63) is 35.9 Å². The molecular weight excluding hydrogens is 278 g/mol.